The van der Waals surface area contributed by atoms with Crippen LogP contribution < -0.4 is 11.1 Å². The number of aryl methyl sites for hydroxylation is 2. The lowest BCUT2D eigenvalue weighted by Gasteiger charge is -2.23. The molecular weight excluding hydrogens is 413 g/mol. The number of unbranched alkanes of at least 4 members (excludes halogenated alkanes) is 1. The van der Waals surface area contributed by atoms with E-state index in [1.54, 1.807) is 0 Å². The summed E-state index contributed by atoms with van der Waals surface area (Å²) < 4.78 is 40.4. The minimum Gasteiger partial charge on any atom is -0.385 e. The average molecular weight is 442 g/mol. The van der Waals surface area contributed by atoms with Crippen molar-refractivity contribution in [3.05, 3.63) is 23.4 Å². The number of aromatic nitrogens is 1. The second kappa shape index (κ2) is 10.4. The predicted octanol–water partition coefficient (Wildman–Crippen LogP) is 2.58. The van der Waals surface area contributed by atoms with Crippen LogP contribution in [0, 0.1) is 0 Å². The molecule has 172 valence electrons. The average Bonchev–Trinajstić information content (AvgIpc) is 3.57. The lowest BCUT2D eigenvalue weighted by atomic mass is 10.1. The number of nitrogens with zero attached hydrogens (tertiary/aromatic N) is 2. The molecule has 1 saturated carbocycles. The third kappa shape index (κ3) is 7.17. The SMILES string of the molecule is N[C@@H](CCN(CCCCc1ccc2c(n1)NCCC2)C1CC1)C(=O)OC(=O)C(F)(F)F. The maximum Gasteiger partial charge on any atom is 0.491 e. The molecule has 2 heterocycles. The van der Waals surface area contributed by atoms with E-state index in [2.05, 4.69) is 27.1 Å². The molecule has 7 nitrogen and oxygen atoms in total. The summed E-state index contributed by atoms with van der Waals surface area (Å²) >= 11 is 0. The molecule has 0 radical (unpaired) electrons. The first-order valence-electron chi connectivity index (χ1n) is 10.8. The van der Waals surface area contributed by atoms with E-state index in [4.69, 9.17) is 10.7 Å². The number of pyridine rings is 1. The quantitative estimate of drug-likeness (QED) is 0.327. The van der Waals surface area contributed by atoms with Crippen LogP contribution in [0.15, 0.2) is 12.1 Å². The van der Waals surface area contributed by atoms with Crippen LogP contribution in [-0.4, -0.2) is 59.7 Å². The number of nitrogens with two attached hydrogens (primary N) is 1. The zero-order valence-electron chi connectivity index (χ0n) is 17.4. The molecular formula is C21H29F3N4O3. The second-order valence-corrected chi connectivity index (χ2v) is 8.17. The number of rotatable bonds is 10. The molecule has 0 aromatic carbocycles. The smallest absolute Gasteiger partial charge is 0.385 e. The Hall–Kier alpha value is -2.20. The molecule has 3 rings (SSSR count). The Morgan fingerprint density at radius 2 is 2.03 bits per heavy atom. The van der Waals surface area contributed by atoms with Crippen molar-refractivity contribution < 1.29 is 27.5 Å². The van der Waals surface area contributed by atoms with Gasteiger partial charge in [0.1, 0.15) is 11.9 Å². The highest BCUT2D eigenvalue weighted by Gasteiger charge is 2.43. The number of hydrogen-bond donors (Lipinski definition) is 2. The first kappa shape index (κ1) is 23.5. The molecule has 1 aromatic rings. The van der Waals surface area contributed by atoms with Gasteiger partial charge in [0.25, 0.3) is 0 Å². The molecule has 1 aromatic heterocycles. The van der Waals surface area contributed by atoms with E-state index in [-0.39, 0.29) is 6.42 Å². The van der Waals surface area contributed by atoms with Crippen molar-refractivity contribution in [1.29, 1.82) is 0 Å². The van der Waals surface area contributed by atoms with Crippen LogP contribution in [0.3, 0.4) is 0 Å². The largest absolute Gasteiger partial charge is 0.491 e. The van der Waals surface area contributed by atoms with Crippen LogP contribution in [0.4, 0.5) is 19.0 Å². The molecule has 10 heteroatoms. The Labute approximate surface area is 179 Å². The fraction of sp³-hybridized carbons (Fsp3) is 0.667. The first-order chi connectivity index (χ1) is 14.7. The minimum atomic E-state index is -5.21. The number of carbonyl (C=O) groups excluding carboxylic acids is 2. The third-order valence-corrected chi connectivity index (χ3v) is 5.60. The van der Waals surface area contributed by atoms with E-state index in [0.29, 0.717) is 12.6 Å². The minimum absolute atomic E-state index is 0.137. The topological polar surface area (TPSA) is 97.6 Å². The summed E-state index contributed by atoms with van der Waals surface area (Å²) in [5.74, 6) is -2.88. The van der Waals surface area contributed by atoms with Gasteiger partial charge in [-0.15, -0.1) is 0 Å². The van der Waals surface area contributed by atoms with Crippen molar-refractivity contribution >= 4 is 17.8 Å². The number of anilines is 1. The van der Waals surface area contributed by atoms with Crippen LogP contribution in [0.5, 0.6) is 0 Å². The number of fused-ring (bicyclic) bond motifs is 1. The van der Waals surface area contributed by atoms with Crippen LogP contribution in [0.2, 0.25) is 0 Å². The van der Waals surface area contributed by atoms with Gasteiger partial charge < -0.3 is 20.7 Å². The van der Waals surface area contributed by atoms with Gasteiger partial charge in [-0.05, 0) is 69.5 Å². The monoisotopic (exact) mass is 442 g/mol. The third-order valence-electron chi connectivity index (χ3n) is 5.60. The number of hydrogen-bond acceptors (Lipinski definition) is 7. The Bertz CT molecular complexity index is 784. The van der Waals surface area contributed by atoms with E-state index in [9.17, 15) is 22.8 Å². The van der Waals surface area contributed by atoms with Gasteiger partial charge in [0.15, 0.2) is 0 Å². The van der Waals surface area contributed by atoms with Crippen molar-refractivity contribution in [1.82, 2.24) is 9.88 Å². The van der Waals surface area contributed by atoms with Gasteiger partial charge >= 0.3 is 18.1 Å². The van der Waals surface area contributed by atoms with E-state index in [1.807, 2.05) is 0 Å². The van der Waals surface area contributed by atoms with Crippen LogP contribution in [0.1, 0.15) is 49.8 Å². The number of esters is 2. The Morgan fingerprint density at radius 1 is 1.26 bits per heavy atom. The summed E-state index contributed by atoms with van der Waals surface area (Å²) in [6.07, 6.45) is 2.01. The Kier molecular flexibility index (Phi) is 7.88. The molecule has 1 fully saturated rings. The molecule has 0 bridgehead atoms. The molecule has 1 atom stereocenters. The van der Waals surface area contributed by atoms with E-state index < -0.39 is 24.2 Å². The number of halogens is 3. The molecule has 0 unspecified atom stereocenters. The molecule has 3 N–H and O–H groups in total. The summed E-state index contributed by atoms with van der Waals surface area (Å²) in [6, 6.07) is 3.38. The lowest BCUT2D eigenvalue weighted by molar-refractivity contribution is -0.202. The molecule has 1 aliphatic carbocycles. The van der Waals surface area contributed by atoms with Crippen LogP contribution in [0.25, 0.3) is 0 Å². The highest BCUT2D eigenvalue weighted by atomic mass is 19.4. The van der Waals surface area contributed by atoms with Crippen molar-refractivity contribution in [3.63, 3.8) is 0 Å². The summed E-state index contributed by atoms with van der Waals surface area (Å²) in [7, 11) is 0. The maximum atomic E-state index is 12.2. The molecule has 31 heavy (non-hydrogen) atoms. The van der Waals surface area contributed by atoms with E-state index >= 15 is 0 Å². The lowest BCUT2D eigenvalue weighted by Crippen LogP contribution is -2.40. The second-order valence-electron chi connectivity index (χ2n) is 8.17. The van der Waals surface area contributed by atoms with Gasteiger partial charge in [-0.1, -0.05) is 6.07 Å². The molecule has 0 amide bonds. The molecule has 2 aliphatic rings. The van der Waals surface area contributed by atoms with Gasteiger partial charge in [0.2, 0.25) is 0 Å². The molecule has 0 spiro atoms. The predicted molar refractivity (Wildman–Crippen MR) is 108 cm³/mol. The summed E-state index contributed by atoms with van der Waals surface area (Å²) in [5.41, 5.74) is 7.96. The van der Waals surface area contributed by atoms with Crippen molar-refractivity contribution in [2.24, 2.45) is 5.73 Å². The van der Waals surface area contributed by atoms with E-state index in [1.165, 1.54) is 5.56 Å². The van der Waals surface area contributed by atoms with Crippen molar-refractivity contribution in [2.75, 3.05) is 25.0 Å². The van der Waals surface area contributed by atoms with Crippen LogP contribution >= 0.6 is 0 Å². The number of carbonyl (C=O) groups is 2. The van der Waals surface area contributed by atoms with Gasteiger partial charge in [-0.2, -0.15) is 13.2 Å². The number of nitrogens with one attached hydrogen (secondary N) is 1. The fourth-order valence-electron chi connectivity index (χ4n) is 3.69. The Balaban J connectivity index is 1.38. The Morgan fingerprint density at radius 3 is 2.74 bits per heavy atom. The van der Waals surface area contributed by atoms with Crippen LogP contribution in [-0.2, 0) is 27.2 Å². The van der Waals surface area contributed by atoms with E-state index in [0.717, 1.165) is 69.5 Å². The summed E-state index contributed by atoms with van der Waals surface area (Å²) in [6.45, 7) is 2.25. The van der Waals surface area contributed by atoms with Crippen molar-refractivity contribution in [2.45, 2.75) is 69.6 Å². The molecule has 1 aliphatic heterocycles. The van der Waals surface area contributed by atoms with Gasteiger partial charge in [-0.3, -0.25) is 0 Å². The van der Waals surface area contributed by atoms with Crippen molar-refractivity contribution in [3.8, 4) is 0 Å². The normalized spacial score (nSPS) is 17.1. The maximum absolute atomic E-state index is 12.2. The number of ether oxygens (including phenoxy) is 1. The highest BCUT2D eigenvalue weighted by molar-refractivity contribution is 5.90. The fourth-order valence-corrected chi connectivity index (χ4v) is 3.69. The molecule has 0 saturated heterocycles. The number of alkyl halides is 3. The first-order valence-corrected chi connectivity index (χ1v) is 10.8. The highest BCUT2D eigenvalue weighted by Crippen LogP contribution is 2.27. The van der Waals surface area contributed by atoms with Gasteiger partial charge in [0, 0.05) is 24.8 Å². The summed E-state index contributed by atoms with van der Waals surface area (Å²) in [5, 5.41) is 3.34. The van der Waals surface area contributed by atoms with Gasteiger partial charge in [0.05, 0.1) is 0 Å². The van der Waals surface area contributed by atoms with Gasteiger partial charge in [-0.25, -0.2) is 14.6 Å². The zero-order chi connectivity index (χ0) is 22.4. The summed E-state index contributed by atoms with van der Waals surface area (Å²) in [4.78, 5) is 29.3. The zero-order valence-corrected chi connectivity index (χ0v) is 17.4. The standard InChI is InChI=1S/C21H29F3N4O3/c22-21(23,24)20(30)31-19(29)17(25)10-13-28(16-8-9-16)12-2-1-5-15-7-6-14-4-3-11-26-18(14)27-15/h6-7,16-17H,1-5,8-13,25H2,(H,26,27)/t17-/m0/s1.